The molecule has 0 spiro atoms. The van der Waals surface area contributed by atoms with Crippen LogP contribution in [0.25, 0.3) is 0 Å². The van der Waals surface area contributed by atoms with Crippen molar-refractivity contribution in [3.05, 3.63) is 0 Å². The van der Waals surface area contributed by atoms with Gasteiger partial charge in [0.2, 0.25) is 0 Å². The van der Waals surface area contributed by atoms with Crippen molar-refractivity contribution in [3.63, 3.8) is 0 Å². The Bertz CT molecular complexity index is 1110. The van der Waals surface area contributed by atoms with Crippen LogP contribution in [0.15, 0.2) is 0 Å². The van der Waals surface area contributed by atoms with Crippen molar-refractivity contribution in [1.82, 2.24) is 39.5 Å². The Hall–Kier alpha value is 2.50. The summed E-state index contributed by atoms with van der Waals surface area (Å²) in [6.45, 7) is 86.3. The molecule has 0 aromatic heterocycles. The summed E-state index contributed by atoms with van der Waals surface area (Å²) in [4.78, 5) is 0. The first-order chi connectivity index (χ1) is 24.8. The van der Waals surface area contributed by atoms with Crippen LogP contribution in [-0.4, -0.2) is 153 Å². The second-order valence-electron chi connectivity index (χ2n) is 27.8. The van der Waals surface area contributed by atoms with Gasteiger partial charge in [0.05, 0.1) is 0 Å². The molecule has 25 heteroatoms. The van der Waals surface area contributed by atoms with E-state index in [4.69, 9.17) is 0 Å². The fourth-order valence-corrected chi connectivity index (χ4v) is 105. The zero-order valence-corrected chi connectivity index (χ0v) is 57.9. The van der Waals surface area contributed by atoms with Crippen LogP contribution in [0.5, 0.6) is 0 Å². The minimum absolute atomic E-state index is 0.0115. The van der Waals surface area contributed by atoms with Gasteiger partial charge in [-0.15, -0.1) is 0 Å². The molecule has 0 rings (SSSR count). The lowest BCUT2D eigenvalue weighted by atomic mass is 9.79. The van der Waals surface area contributed by atoms with Crippen molar-refractivity contribution in [3.8, 4) is 0 Å². The lowest BCUT2D eigenvalue weighted by molar-refractivity contribution is 0.770. The van der Waals surface area contributed by atoms with E-state index in [1.165, 1.54) is 0 Å². The maximum absolute atomic E-state index is 4.28. The van der Waals surface area contributed by atoms with Crippen molar-refractivity contribution < 1.29 is 0 Å². The Balaban J connectivity index is 7.63. The zero-order valence-electron chi connectivity index (χ0n) is 45.9. The van der Waals surface area contributed by atoms with Crippen LogP contribution in [0.1, 0.15) is 0 Å². The number of nitrogens with one attached hydrogen (secondary N) is 3. The topological polar surface area (TPSA) is 55.5 Å². The SMILES string of the molecule is C[Si](C)(C)N(BNB(NBN([Si](C)(C)C)[Si](C)(C)N([Si](C)(C)C)[Si](C)(C)C)NBN([Si](C)(C)C)[Si](C)(C)N([Si](C)(C)C)[Si](C)(C)C)[Si](C)(C)N([Si](C)(C)C)[Si](C)(C)C. The molecule has 0 fully saturated rings. The van der Waals surface area contributed by atoms with E-state index in [1.807, 2.05) is 0 Å². The molecule has 342 valence electrons. The average Bonchev–Trinajstić information content (AvgIpc) is 2.78. The smallest absolute Gasteiger partial charge is 0.363 e. The summed E-state index contributed by atoms with van der Waals surface area (Å²) < 4.78 is 18.7. The Morgan fingerprint density at radius 2 is 0.379 bits per heavy atom. The first-order valence-electron chi connectivity index (χ1n) is 22.7. The summed E-state index contributed by atoms with van der Waals surface area (Å²) in [7, 11) is -18.1. The molecule has 0 heterocycles. The molecule has 0 radical (unpaired) electrons. The summed E-state index contributed by atoms with van der Waals surface area (Å²) in [6.07, 6.45) is 0. The summed E-state index contributed by atoms with van der Waals surface area (Å²) in [5.74, 6) is 0. The zero-order chi connectivity index (χ0) is 47.3. The highest BCUT2D eigenvalue weighted by Crippen LogP contribution is 2.35. The van der Waals surface area contributed by atoms with Gasteiger partial charge in [0, 0.05) is 0 Å². The maximum atomic E-state index is 4.28. The molecule has 0 bridgehead atoms. The van der Waals surface area contributed by atoms with Crippen molar-refractivity contribution in [2.24, 2.45) is 0 Å². The van der Waals surface area contributed by atoms with Gasteiger partial charge in [-0.05, 0) is 39.3 Å². The quantitative estimate of drug-likeness (QED) is 0.0824. The molecular formula is C33H105B4N9Si12. The van der Waals surface area contributed by atoms with Gasteiger partial charge in [0.1, 0.15) is 74.1 Å². The van der Waals surface area contributed by atoms with E-state index in [2.05, 4.69) is 256 Å². The average molecular weight is 1010 g/mol. The predicted molar refractivity (Wildman–Crippen MR) is 310 cm³/mol. The van der Waals surface area contributed by atoms with E-state index in [-0.39, 0.29) is 7.12 Å². The number of nitrogens with zero attached hydrogens (tertiary/aromatic N) is 6. The third-order valence-corrected chi connectivity index (χ3v) is 77.5. The molecule has 0 atom stereocenters. The van der Waals surface area contributed by atoms with Gasteiger partial charge in [-0.25, -0.2) is 0 Å². The van der Waals surface area contributed by atoms with Crippen LogP contribution >= 0.6 is 0 Å². The van der Waals surface area contributed by atoms with Gasteiger partial charge in [0.15, 0.2) is 25.2 Å². The Kier molecular flexibility index (Phi) is 20.6. The molecule has 0 aliphatic rings. The molecular weight excluding hydrogens is 903 g/mol. The van der Waals surface area contributed by atoms with Gasteiger partial charge in [-0.1, -0.05) is 177 Å². The van der Waals surface area contributed by atoms with Crippen LogP contribution in [0.2, 0.25) is 216 Å². The third-order valence-electron chi connectivity index (χ3n) is 11.4. The first kappa shape index (κ1) is 60.5. The fourth-order valence-electron chi connectivity index (χ4n) is 12.8. The molecule has 3 N–H and O–H groups in total. The molecule has 0 aromatic carbocycles. The normalized spacial score (nSPS) is 15.8. The molecule has 0 aliphatic heterocycles. The summed E-state index contributed by atoms with van der Waals surface area (Å²) >= 11 is 0. The first-order valence-corrected chi connectivity index (χ1v) is 62.4. The van der Waals surface area contributed by atoms with Crippen LogP contribution < -0.4 is 15.4 Å². The highest BCUT2D eigenvalue weighted by molar-refractivity contribution is 7.11. The molecule has 0 aliphatic carbocycles. The van der Waals surface area contributed by atoms with Crippen molar-refractivity contribution >= 4 is 129 Å². The Morgan fingerprint density at radius 3 is 0.483 bits per heavy atom. The number of hydrogen-bond acceptors (Lipinski definition) is 9. The largest absolute Gasteiger partial charge is 0.366 e. The monoisotopic (exact) mass is 1010 g/mol. The van der Waals surface area contributed by atoms with Crippen LogP contribution in [0.3, 0.4) is 0 Å². The van der Waals surface area contributed by atoms with E-state index in [0.29, 0.717) is 0 Å². The summed E-state index contributed by atoms with van der Waals surface area (Å²) in [5, 5.41) is 12.8. The second kappa shape index (κ2) is 19.8. The lowest BCUT2D eigenvalue weighted by Gasteiger charge is -2.60. The van der Waals surface area contributed by atoms with E-state index >= 15 is 0 Å². The van der Waals surface area contributed by atoms with E-state index in [0.717, 1.165) is 22.6 Å². The lowest BCUT2D eigenvalue weighted by Crippen LogP contribution is -2.83. The van der Waals surface area contributed by atoms with E-state index in [1.54, 1.807) is 0 Å². The number of rotatable bonds is 24. The summed E-state index contributed by atoms with van der Waals surface area (Å²) in [5.41, 5.74) is 0. The molecule has 58 heavy (non-hydrogen) atoms. The fraction of sp³-hybridized carbons (Fsp3) is 1.00. The van der Waals surface area contributed by atoms with Gasteiger partial charge >= 0.3 is 7.12 Å². The third kappa shape index (κ3) is 16.7. The van der Waals surface area contributed by atoms with E-state index in [9.17, 15) is 0 Å². The van der Waals surface area contributed by atoms with Gasteiger partial charge < -0.3 is 39.5 Å². The minimum atomic E-state index is -2.01. The highest BCUT2D eigenvalue weighted by atomic mass is 28.5. The second-order valence-corrected chi connectivity index (χ2v) is 88.5. The minimum Gasteiger partial charge on any atom is -0.366 e. The molecule has 0 amide bonds. The van der Waals surface area contributed by atoms with Crippen molar-refractivity contribution in [2.45, 2.75) is 216 Å². The Morgan fingerprint density at radius 1 is 0.241 bits per heavy atom. The summed E-state index contributed by atoms with van der Waals surface area (Å²) in [6, 6.07) is 0. The van der Waals surface area contributed by atoms with Crippen LogP contribution in [0, 0.1) is 0 Å². The molecule has 0 saturated carbocycles. The van der Waals surface area contributed by atoms with Gasteiger partial charge in [0.25, 0.3) is 22.6 Å². The van der Waals surface area contributed by atoms with Crippen molar-refractivity contribution in [1.29, 1.82) is 0 Å². The molecule has 0 aromatic rings. The predicted octanol–water partition coefficient (Wildman–Crippen LogP) is 8.97. The van der Waals surface area contributed by atoms with Crippen LogP contribution in [0.4, 0.5) is 0 Å². The maximum Gasteiger partial charge on any atom is 0.363 e. The molecule has 0 unspecified atom stereocenters. The molecule has 0 saturated heterocycles. The van der Waals surface area contributed by atoms with Crippen molar-refractivity contribution in [2.75, 3.05) is 0 Å². The van der Waals surface area contributed by atoms with Gasteiger partial charge in [-0.3, -0.25) is 0 Å². The number of hydrogen-bond donors (Lipinski definition) is 3. The Labute approximate surface area is 381 Å². The van der Waals surface area contributed by atoms with Crippen LogP contribution in [-0.2, 0) is 0 Å². The molecule has 9 nitrogen and oxygen atoms in total. The standard InChI is InChI=1S/C33H105B4N9Si12/c1-47(2,3)41(56(28,29)44(50(10,11)12)51(13,14)15)34-38-37(39-35-42(48(4,5)6)57(30,31)45(52(16,17)18)53(19,20)21)40-36-43(49(7,8)9)58(32,33)46(54(22,23)24)55(25,26)27/h34-36,38-40H,1-33H3. The highest BCUT2D eigenvalue weighted by Gasteiger charge is 2.54. The van der Waals surface area contributed by atoms with Gasteiger partial charge in [-0.2, -0.15) is 0 Å². The van der Waals surface area contributed by atoms with E-state index < -0.39 is 99.3 Å².